The number of carbonyl (C=O) groups is 2. The molecule has 0 bridgehead atoms. The Morgan fingerprint density at radius 1 is 1.17 bits per heavy atom. The van der Waals surface area contributed by atoms with E-state index >= 15 is 0 Å². The molecule has 4 rings (SSSR count). The largest absolute Gasteiger partial charge is 0.458 e. The normalized spacial score (nSPS) is 36.5. The molecule has 0 aliphatic carbocycles. The number of aromatic nitrogens is 1. The molecule has 3 saturated heterocycles. The summed E-state index contributed by atoms with van der Waals surface area (Å²) in [5.74, 6) is 0.463. The van der Waals surface area contributed by atoms with Crippen molar-refractivity contribution >= 4 is 29.2 Å². The zero-order valence-corrected chi connectivity index (χ0v) is 22.7. The van der Waals surface area contributed by atoms with Crippen molar-refractivity contribution < 1.29 is 23.8 Å². The maximum atomic E-state index is 12.9. The van der Waals surface area contributed by atoms with Gasteiger partial charge in [-0.3, -0.25) is 9.59 Å². The van der Waals surface area contributed by atoms with Crippen molar-refractivity contribution in [3.05, 3.63) is 22.2 Å². The molecular weight excluding hydrogens is 462 g/mol. The van der Waals surface area contributed by atoms with Crippen LogP contribution in [-0.2, 0) is 23.8 Å². The van der Waals surface area contributed by atoms with Gasteiger partial charge in [0.15, 0.2) is 0 Å². The Balaban J connectivity index is 1.55. The number of aryl methyl sites for hydroxylation is 1. The summed E-state index contributed by atoms with van der Waals surface area (Å²) in [6.07, 6.45) is 10.4. The molecule has 1 aromatic rings. The van der Waals surface area contributed by atoms with Crippen molar-refractivity contribution in [3.8, 4) is 0 Å². The van der Waals surface area contributed by atoms with E-state index in [0.717, 1.165) is 49.4 Å². The van der Waals surface area contributed by atoms with Crippen molar-refractivity contribution in [2.45, 2.75) is 116 Å². The number of cyclic esters (lactones) is 1. The fourth-order valence-electron chi connectivity index (χ4n) is 5.40. The Bertz CT molecular complexity index is 951. The van der Waals surface area contributed by atoms with Gasteiger partial charge in [-0.2, -0.15) is 0 Å². The monoisotopic (exact) mass is 503 g/mol. The van der Waals surface area contributed by atoms with Crippen LogP contribution in [0.4, 0.5) is 0 Å². The van der Waals surface area contributed by atoms with Gasteiger partial charge in [0.1, 0.15) is 17.5 Å². The molecule has 4 heterocycles. The van der Waals surface area contributed by atoms with Gasteiger partial charge in [0.05, 0.1) is 29.0 Å². The van der Waals surface area contributed by atoms with Crippen molar-refractivity contribution in [1.29, 1.82) is 0 Å². The third kappa shape index (κ3) is 6.80. The number of nitrogens with zero attached hydrogens (tertiary/aromatic N) is 1. The number of carbonyl (C=O) groups excluding carboxylic acids is 2. The highest BCUT2D eigenvalue weighted by Gasteiger charge is 2.67. The topological polar surface area (TPSA) is 81.3 Å². The van der Waals surface area contributed by atoms with Gasteiger partial charge in [0.2, 0.25) is 0 Å². The van der Waals surface area contributed by atoms with E-state index in [1.807, 2.05) is 38.3 Å². The summed E-state index contributed by atoms with van der Waals surface area (Å²) in [6, 6.07) is 0. The van der Waals surface area contributed by atoms with E-state index in [9.17, 15) is 9.59 Å². The smallest absolute Gasteiger partial charge is 0.306 e. The molecule has 0 aromatic carbocycles. The summed E-state index contributed by atoms with van der Waals surface area (Å²) in [5.41, 5.74) is -0.252. The van der Waals surface area contributed by atoms with Gasteiger partial charge < -0.3 is 14.2 Å². The lowest BCUT2D eigenvalue weighted by molar-refractivity contribution is -0.148. The second-order valence-corrected chi connectivity index (χ2v) is 12.8. The first-order chi connectivity index (χ1) is 16.5. The molecule has 3 fully saturated rings. The Labute approximate surface area is 213 Å². The number of hydrogen-bond donors (Lipinski definition) is 0. The molecule has 3 aliphatic rings. The summed E-state index contributed by atoms with van der Waals surface area (Å²) < 4.78 is 18.1. The fourth-order valence-corrected chi connectivity index (χ4v) is 5.98. The molecule has 0 spiro atoms. The van der Waals surface area contributed by atoms with E-state index in [-0.39, 0.29) is 35.5 Å². The number of fused-ring (bicyclic) bond motifs is 1. The lowest BCUT2D eigenvalue weighted by Crippen LogP contribution is -2.32. The van der Waals surface area contributed by atoms with E-state index in [2.05, 4.69) is 18.8 Å². The Kier molecular flexibility index (Phi) is 7.89. The van der Waals surface area contributed by atoms with Gasteiger partial charge in [0, 0.05) is 36.5 Å². The molecule has 1 aromatic heterocycles. The second kappa shape index (κ2) is 10.4. The standard InChI is InChI=1S/C28H41NO5S/c1-19-7-6-13-27(5)28(34-27,16-23-17-32-23)15-22(10-9-21-18-35-20(2)29-21)33-25(31)12-14-26(3,4)24(30)11-8-19/h9-10,18-19,22-23H,6-8,11-17H2,1-5H3. The maximum absolute atomic E-state index is 12.9. The van der Waals surface area contributed by atoms with Gasteiger partial charge in [-0.05, 0) is 51.2 Å². The second-order valence-electron chi connectivity index (χ2n) is 11.7. The van der Waals surface area contributed by atoms with Crippen molar-refractivity contribution in [2.24, 2.45) is 11.3 Å². The van der Waals surface area contributed by atoms with E-state index in [0.29, 0.717) is 25.2 Å². The first-order valence-electron chi connectivity index (χ1n) is 13.2. The predicted molar refractivity (Wildman–Crippen MR) is 137 cm³/mol. The summed E-state index contributed by atoms with van der Waals surface area (Å²) in [7, 11) is 0. The van der Waals surface area contributed by atoms with E-state index in [4.69, 9.17) is 14.2 Å². The number of esters is 1. The molecule has 3 aliphatic heterocycles. The van der Waals surface area contributed by atoms with E-state index < -0.39 is 11.5 Å². The van der Waals surface area contributed by atoms with Crippen molar-refractivity contribution in [1.82, 2.24) is 4.98 Å². The minimum Gasteiger partial charge on any atom is -0.458 e. The van der Waals surface area contributed by atoms with Crippen LogP contribution < -0.4 is 0 Å². The SMILES string of the molecule is Cc1nc(C=CC2CC3(CC4CO4)OC3(C)CCCC(C)CCC(=O)C(C)(C)CCC(=O)O2)cs1. The number of hydrogen-bond acceptors (Lipinski definition) is 7. The molecule has 5 unspecified atom stereocenters. The van der Waals surface area contributed by atoms with Crippen LogP contribution in [0, 0.1) is 18.3 Å². The average Bonchev–Trinajstić information content (AvgIpc) is 3.65. The zero-order valence-electron chi connectivity index (χ0n) is 21.9. The number of ketones is 1. The average molecular weight is 504 g/mol. The van der Waals surface area contributed by atoms with Crippen LogP contribution in [0.25, 0.3) is 6.08 Å². The summed E-state index contributed by atoms with van der Waals surface area (Å²) >= 11 is 1.60. The molecule has 0 saturated carbocycles. The Morgan fingerprint density at radius 3 is 2.63 bits per heavy atom. The molecule has 6 nitrogen and oxygen atoms in total. The molecule has 0 amide bonds. The van der Waals surface area contributed by atoms with Crippen LogP contribution in [0.2, 0.25) is 0 Å². The number of thiazole rings is 1. The zero-order chi connectivity index (χ0) is 25.3. The number of Topliss-reactive ketones (excluding diaryl/α,β-unsaturated/α-hetero) is 1. The van der Waals surface area contributed by atoms with Crippen molar-refractivity contribution in [3.63, 3.8) is 0 Å². The molecule has 5 atom stereocenters. The van der Waals surface area contributed by atoms with Gasteiger partial charge >= 0.3 is 5.97 Å². The Hall–Kier alpha value is -1.57. The van der Waals surface area contributed by atoms with Crippen LogP contribution in [0.3, 0.4) is 0 Å². The minimum absolute atomic E-state index is 0.227. The van der Waals surface area contributed by atoms with Crippen LogP contribution in [0.5, 0.6) is 0 Å². The molecule has 35 heavy (non-hydrogen) atoms. The van der Waals surface area contributed by atoms with Crippen LogP contribution >= 0.6 is 11.3 Å². The maximum Gasteiger partial charge on any atom is 0.306 e. The highest BCUT2D eigenvalue weighted by atomic mass is 32.1. The number of ether oxygens (including phenoxy) is 3. The van der Waals surface area contributed by atoms with Crippen molar-refractivity contribution in [2.75, 3.05) is 6.61 Å². The summed E-state index contributed by atoms with van der Waals surface area (Å²) in [4.78, 5) is 30.3. The van der Waals surface area contributed by atoms with Gasteiger partial charge in [-0.15, -0.1) is 11.3 Å². The Morgan fingerprint density at radius 2 is 1.94 bits per heavy atom. The molecule has 7 heteroatoms. The lowest BCUT2D eigenvalue weighted by atomic mass is 9.79. The van der Waals surface area contributed by atoms with Crippen LogP contribution in [0.1, 0.15) is 96.2 Å². The highest BCUT2D eigenvalue weighted by Crippen LogP contribution is 2.58. The van der Waals surface area contributed by atoms with Crippen LogP contribution in [-0.4, -0.2) is 46.8 Å². The number of epoxide rings is 2. The fraction of sp³-hybridized carbons (Fsp3) is 0.750. The van der Waals surface area contributed by atoms with E-state index in [1.165, 1.54) is 0 Å². The van der Waals surface area contributed by atoms with Crippen LogP contribution in [0.15, 0.2) is 11.5 Å². The first kappa shape index (κ1) is 26.5. The predicted octanol–water partition coefficient (Wildman–Crippen LogP) is 6.06. The van der Waals surface area contributed by atoms with Gasteiger partial charge in [-0.1, -0.05) is 33.6 Å². The first-order valence-corrected chi connectivity index (χ1v) is 14.0. The number of rotatable bonds is 4. The lowest BCUT2D eigenvalue weighted by Gasteiger charge is -2.26. The van der Waals surface area contributed by atoms with E-state index in [1.54, 1.807) is 11.3 Å². The third-order valence-corrected chi connectivity index (χ3v) is 8.95. The van der Waals surface area contributed by atoms with Gasteiger partial charge in [-0.25, -0.2) is 4.98 Å². The summed E-state index contributed by atoms with van der Waals surface area (Å²) in [6.45, 7) is 11.1. The van der Waals surface area contributed by atoms with Gasteiger partial charge in [0.25, 0.3) is 0 Å². The highest BCUT2D eigenvalue weighted by molar-refractivity contribution is 7.09. The quantitative estimate of drug-likeness (QED) is 0.367. The molecule has 0 N–H and O–H groups in total. The third-order valence-electron chi connectivity index (χ3n) is 8.16. The molecule has 194 valence electrons. The minimum atomic E-state index is -0.526. The molecular formula is C28H41NO5S. The summed E-state index contributed by atoms with van der Waals surface area (Å²) in [5, 5.41) is 3.01. The molecule has 0 radical (unpaired) electrons.